The van der Waals surface area contributed by atoms with Gasteiger partial charge in [0.25, 0.3) is 11.8 Å². The molecule has 3 rings (SSSR count). The zero-order valence-corrected chi connectivity index (χ0v) is 16.3. The molecule has 0 saturated heterocycles. The van der Waals surface area contributed by atoms with Crippen LogP contribution in [-0.4, -0.2) is 31.2 Å². The molecular formula is C23H25N3O3. The molecule has 29 heavy (non-hydrogen) atoms. The van der Waals surface area contributed by atoms with E-state index in [1.807, 2.05) is 48.5 Å². The molecule has 150 valence electrons. The summed E-state index contributed by atoms with van der Waals surface area (Å²) in [6.07, 6.45) is 9.65. The number of fused-ring (bicyclic) bond motifs is 1. The summed E-state index contributed by atoms with van der Waals surface area (Å²) in [5.41, 5.74) is 6.06. The van der Waals surface area contributed by atoms with Crippen LogP contribution in [0.5, 0.6) is 5.75 Å². The molecule has 6 heteroatoms. The third kappa shape index (κ3) is 6.92. The van der Waals surface area contributed by atoms with Crippen molar-refractivity contribution in [3.05, 3.63) is 71.3 Å². The minimum absolute atomic E-state index is 0.130. The highest BCUT2D eigenvalue weighted by atomic mass is 16.5. The molecule has 2 aromatic rings. The van der Waals surface area contributed by atoms with E-state index in [-0.39, 0.29) is 19.1 Å². The summed E-state index contributed by atoms with van der Waals surface area (Å²) in [7, 11) is 0. The summed E-state index contributed by atoms with van der Waals surface area (Å²) >= 11 is 0. The second-order valence-corrected chi connectivity index (χ2v) is 6.79. The molecule has 1 aliphatic carbocycles. The first-order chi connectivity index (χ1) is 14.2. The molecule has 0 aromatic heterocycles. The molecule has 2 N–H and O–H groups in total. The van der Waals surface area contributed by atoms with Crippen molar-refractivity contribution in [1.29, 1.82) is 0 Å². The number of aryl methyl sites for hydroxylation is 2. The Hall–Kier alpha value is -3.41. The van der Waals surface area contributed by atoms with Crippen LogP contribution in [0.1, 0.15) is 29.5 Å². The maximum Gasteiger partial charge on any atom is 0.259 e. The molecular weight excluding hydrogens is 366 g/mol. The van der Waals surface area contributed by atoms with Crippen LogP contribution < -0.4 is 15.5 Å². The molecule has 2 aromatic carbocycles. The topological polar surface area (TPSA) is 79.8 Å². The van der Waals surface area contributed by atoms with Crippen LogP contribution in [0.3, 0.4) is 0 Å². The monoisotopic (exact) mass is 391 g/mol. The van der Waals surface area contributed by atoms with Gasteiger partial charge in [-0.3, -0.25) is 9.59 Å². The van der Waals surface area contributed by atoms with Gasteiger partial charge in [-0.1, -0.05) is 42.5 Å². The first-order valence-corrected chi connectivity index (χ1v) is 9.75. The van der Waals surface area contributed by atoms with Crippen molar-refractivity contribution >= 4 is 24.1 Å². The zero-order chi connectivity index (χ0) is 20.3. The average Bonchev–Trinajstić information content (AvgIpc) is 2.76. The number of amides is 2. The Morgan fingerprint density at radius 1 is 1.00 bits per heavy atom. The average molecular weight is 391 g/mol. The molecule has 1 aliphatic rings. The molecule has 2 amide bonds. The maximum absolute atomic E-state index is 11.9. The van der Waals surface area contributed by atoms with Gasteiger partial charge in [-0.25, -0.2) is 5.43 Å². The summed E-state index contributed by atoms with van der Waals surface area (Å²) in [6, 6.07) is 15.7. The van der Waals surface area contributed by atoms with Gasteiger partial charge in [0.2, 0.25) is 0 Å². The van der Waals surface area contributed by atoms with Crippen molar-refractivity contribution in [1.82, 2.24) is 10.7 Å². The molecule has 0 saturated carbocycles. The van der Waals surface area contributed by atoms with Crippen molar-refractivity contribution in [3.8, 4) is 5.75 Å². The van der Waals surface area contributed by atoms with Gasteiger partial charge >= 0.3 is 0 Å². The molecule has 0 aliphatic heterocycles. The summed E-state index contributed by atoms with van der Waals surface area (Å²) in [6.45, 7) is -0.290. The number of rotatable bonds is 8. The van der Waals surface area contributed by atoms with Gasteiger partial charge in [-0.05, 0) is 60.6 Å². The Morgan fingerprint density at radius 2 is 1.79 bits per heavy atom. The first kappa shape index (κ1) is 20.3. The number of carbonyl (C=O) groups is 2. The lowest BCUT2D eigenvalue weighted by Gasteiger charge is -2.16. The second-order valence-electron chi connectivity index (χ2n) is 6.79. The van der Waals surface area contributed by atoms with E-state index in [0.29, 0.717) is 5.75 Å². The number of carbonyl (C=O) groups excluding carboxylic acids is 2. The van der Waals surface area contributed by atoms with Crippen LogP contribution >= 0.6 is 0 Å². The largest absolute Gasteiger partial charge is 0.484 e. The van der Waals surface area contributed by atoms with Crippen LogP contribution in [0.2, 0.25) is 0 Å². The fraction of sp³-hybridized carbons (Fsp3) is 0.261. The highest BCUT2D eigenvalue weighted by molar-refractivity contribution is 5.86. The number of allylic oxidation sites excluding steroid dienone is 1. The molecule has 0 unspecified atom stereocenters. The van der Waals surface area contributed by atoms with E-state index >= 15 is 0 Å². The van der Waals surface area contributed by atoms with Gasteiger partial charge in [0.15, 0.2) is 6.61 Å². The minimum Gasteiger partial charge on any atom is -0.484 e. The standard InChI is InChI=1S/C23H25N3O3/c27-22(26-25-14-6-9-18-7-2-1-3-8-18)16-24-23(28)17-29-21-13-12-19-10-4-5-11-20(19)15-21/h1-3,6-9,12-15H,4-5,10-11,16-17H2,(H,24,28)(H,26,27). The van der Waals surface area contributed by atoms with Crippen molar-refractivity contribution in [3.63, 3.8) is 0 Å². The fourth-order valence-electron chi connectivity index (χ4n) is 3.09. The third-order valence-electron chi connectivity index (χ3n) is 4.57. The third-order valence-corrected chi connectivity index (χ3v) is 4.57. The van der Waals surface area contributed by atoms with E-state index in [2.05, 4.69) is 21.9 Å². The second kappa shape index (κ2) is 10.8. The number of hydrogen-bond donors (Lipinski definition) is 2. The summed E-state index contributed by atoms with van der Waals surface area (Å²) in [5.74, 6) is -0.0811. The normalized spacial score (nSPS) is 13.2. The molecule has 0 radical (unpaired) electrons. The van der Waals surface area contributed by atoms with Gasteiger partial charge in [-0.15, -0.1) is 0 Å². The highest BCUT2D eigenvalue weighted by Crippen LogP contribution is 2.25. The molecule has 0 heterocycles. The predicted octanol–water partition coefficient (Wildman–Crippen LogP) is 2.88. The smallest absolute Gasteiger partial charge is 0.259 e. The predicted molar refractivity (Wildman–Crippen MR) is 114 cm³/mol. The lowest BCUT2D eigenvalue weighted by molar-refractivity contribution is -0.127. The molecule has 6 nitrogen and oxygen atoms in total. The molecule has 0 bridgehead atoms. The molecule has 0 spiro atoms. The maximum atomic E-state index is 11.9. The van der Waals surface area contributed by atoms with Crippen LogP contribution in [0, 0.1) is 0 Å². The van der Waals surface area contributed by atoms with Crippen LogP contribution in [0.15, 0.2) is 59.7 Å². The Bertz CT molecular complexity index is 891. The number of hydrazone groups is 1. The Kier molecular flexibility index (Phi) is 7.57. The Morgan fingerprint density at radius 3 is 2.62 bits per heavy atom. The highest BCUT2D eigenvalue weighted by Gasteiger charge is 2.11. The Balaban J connectivity index is 1.33. The van der Waals surface area contributed by atoms with Crippen molar-refractivity contribution in [2.75, 3.05) is 13.2 Å². The lowest BCUT2D eigenvalue weighted by Crippen LogP contribution is -2.37. The van der Waals surface area contributed by atoms with E-state index in [1.165, 1.54) is 30.2 Å². The molecule has 0 fully saturated rings. The van der Waals surface area contributed by atoms with E-state index in [4.69, 9.17) is 4.74 Å². The van der Waals surface area contributed by atoms with Crippen molar-refractivity contribution < 1.29 is 14.3 Å². The van der Waals surface area contributed by atoms with Crippen LogP contribution in [-0.2, 0) is 22.4 Å². The van der Waals surface area contributed by atoms with Gasteiger partial charge in [0, 0.05) is 6.21 Å². The summed E-state index contributed by atoms with van der Waals surface area (Å²) in [5, 5.41) is 6.32. The number of benzene rings is 2. The number of nitrogens with zero attached hydrogens (tertiary/aromatic N) is 1. The van der Waals surface area contributed by atoms with Gasteiger partial charge in [0.05, 0.1) is 6.54 Å². The zero-order valence-electron chi connectivity index (χ0n) is 16.3. The SMILES string of the molecule is O=C(COc1ccc2c(c1)CCCC2)NCC(=O)NN=CC=Cc1ccccc1. The molecule has 0 atom stereocenters. The minimum atomic E-state index is -0.406. The summed E-state index contributed by atoms with van der Waals surface area (Å²) < 4.78 is 5.54. The Labute approximate surface area is 170 Å². The van der Waals surface area contributed by atoms with Crippen molar-refractivity contribution in [2.45, 2.75) is 25.7 Å². The number of hydrogen-bond acceptors (Lipinski definition) is 4. The van der Waals surface area contributed by atoms with Gasteiger partial charge in [0.1, 0.15) is 5.75 Å². The van der Waals surface area contributed by atoms with E-state index in [0.717, 1.165) is 18.4 Å². The van der Waals surface area contributed by atoms with Crippen LogP contribution in [0.4, 0.5) is 0 Å². The van der Waals surface area contributed by atoms with E-state index in [9.17, 15) is 9.59 Å². The quantitative estimate of drug-likeness (QED) is 0.536. The van der Waals surface area contributed by atoms with Crippen molar-refractivity contribution in [2.24, 2.45) is 5.10 Å². The lowest BCUT2D eigenvalue weighted by atomic mass is 9.92. The van der Waals surface area contributed by atoms with E-state index < -0.39 is 5.91 Å². The number of nitrogens with one attached hydrogen (secondary N) is 2. The number of ether oxygens (including phenoxy) is 1. The first-order valence-electron chi connectivity index (χ1n) is 9.75. The van der Waals surface area contributed by atoms with Gasteiger partial charge in [-0.2, -0.15) is 5.10 Å². The van der Waals surface area contributed by atoms with Gasteiger partial charge < -0.3 is 10.1 Å². The fourth-order valence-corrected chi connectivity index (χ4v) is 3.09. The summed E-state index contributed by atoms with van der Waals surface area (Å²) in [4.78, 5) is 23.6. The van der Waals surface area contributed by atoms with E-state index in [1.54, 1.807) is 6.08 Å². The van der Waals surface area contributed by atoms with Crippen LogP contribution in [0.25, 0.3) is 6.08 Å².